The van der Waals surface area contributed by atoms with Crippen molar-refractivity contribution < 1.29 is 9.59 Å². The molecule has 0 heterocycles. The molecule has 0 bridgehead atoms. The zero-order valence-corrected chi connectivity index (χ0v) is 11.5. The van der Waals surface area contributed by atoms with Crippen LogP contribution in [0.25, 0.3) is 12.2 Å². The SMILES string of the molecule is CC(=O)Nc1ccc(C=Cc2ccc(N=C=O)cc2)cc1. The molecule has 0 aliphatic heterocycles. The van der Waals surface area contributed by atoms with Crippen molar-refractivity contribution in [3.05, 3.63) is 59.7 Å². The minimum atomic E-state index is -0.0867. The van der Waals surface area contributed by atoms with Crippen LogP contribution >= 0.6 is 0 Å². The van der Waals surface area contributed by atoms with Gasteiger partial charge in [-0.3, -0.25) is 4.79 Å². The summed E-state index contributed by atoms with van der Waals surface area (Å²) in [4.78, 5) is 24.6. The van der Waals surface area contributed by atoms with Gasteiger partial charge in [0.1, 0.15) is 0 Å². The molecule has 0 spiro atoms. The Morgan fingerprint density at radius 2 is 1.52 bits per heavy atom. The van der Waals surface area contributed by atoms with Gasteiger partial charge in [-0.2, -0.15) is 4.99 Å². The van der Waals surface area contributed by atoms with Crippen LogP contribution in [-0.4, -0.2) is 12.0 Å². The van der Waals surface area contributed by atoms with Crippen LogP contribution in [0.5, 0.6) is 0 Å². The summed E-state index contributed by atoms with van der Waals surface area (Å²) in [6, 6.07) is 14.8. The molecule has 0 aliphatic carbocycles. The Labute approximate surface area is 122 Å². The van der Waals surface area contributed by atoms with E-state index in [0.29, 0.717) is 5.69 Å². The maximum atomic E-state index is 10.9. The van der Waals surface area contributed by atoms with E-state index in [9.17, 15) is 9.59 Å². The molecule has 0 atom stereocenters. The second-order valence-corrected chi connectivity index (χ2v) is 4.43. The van der Waals surface area contributed by atoms with E-state index in [1.54, 1.807) is 12.1 Å². The molecule has 4 heteroatoms. The summed E-state index contributed by atoms with van der Waals surface area (Å²) in [7, 11) is 0. The monoisotopic (exact) mass is 278 g/mol. The molecule has 0 radical (unpaired) electrons. The summed E-state index contributed by atoms with van der Waals surface area (Å²) in [5.41, 5.74) is 3.39. The average Bonchev–Trinajstić information content (AvgIpc) is 2.48. The van der Waals surface area contributed by atoms with E-state index in [-0.39, 0.29) is 5.91 Å². The minimum Gasteiger partial charge on any atom is -0.326 e. The second kappa shape index (κ2) is 6.98. The summed E-state index contributed by atoms with van der Waals surface area (Å²) in [6.45, 7) is 1.48. The Morgan fingerprint density at radius 3 is 2.00 bits per heavy atom. The van der Waals surface area contributed by atoms with Crippen molar-refractivity contribution in [1.82, 2.24) is 0 Å². The fourth-order valence-corrected chi connectivity index (χ4v) is 1.79. The Balaban J connectivity index is 2.06. The first-order valence-corrected chi connectivity index (χ1v) is 6.41. The summed E-state index contributed by atoms with van der Waals surface area (Å²) in [5.74, 6) is -0.0867. The van der Waals surface area contributed by atoms with Crippen LogP contribution in [0.3, 0.4) is 0 Å². The van der Waals surface area contributed by atoms with Gasteiger partial charge in [-0.1, -0.05) is 36.4 Å². The van der Waals surface area contributed by atoms with Gasteiger partial charge in [0.25, 0.3) is 0 Å². The lowest BCUT2D eigenvalue weighted by Crippen LogP contribution is -2.05. The number of aliphatic imine (C=N–C) groups is 1. The number of carbonyl (C=O) groups excluding carboxylic acids is 2. The van der Waals surface area contributed by atoms with Gasteiger partial charge in [0.15, 0.2) is 0 Å². The number of nitrogens with one attached hydrogen (secondary N) is 1. The first-order valence-electron chi connectivity index (χ1n) is 6.41. The van der Waals surface area contributed by atoms with Crippen LogP contribution in [-0.2, 0) is 9.59 Å². The fourth-order valence-electron chi connectivity index (χ4n) is 1.79. The molecule has 2 aromatic rings. The van der Waals surface area contributed by atoms with Crippen molar-refractivity contribution in [2.24, 2.45) is 4.99 Å². The standard InChI is InChI=1S/C17H14N2O2/c1-13(21)19-17-10-6-15(7-11-17)3-2-14-4-8-16(9-5-14)18-12-20/h2-11H,1H3,(H,19,21). The van der Waals surface area contributed by atoms with Crippen molar-refractivity contribution >= 4 is 35.5 Å². The lowest BCUT2D eigenvalue weighted by atomic mass is 10.1. The van der Waals surface area contributed by atoms with Crippen LogP contribution in [0, 0.1) is 0 Å². The zero-order chi connectivity index (χ0) is 15.1. The van der Waals surface area contributed by atoms with E-state index in [2.05, 4.69) is 10.3 Å². The van der Waals surface area contributed by atoms with Gasteiger partial charge in [-0.05, 0) is 35.4 Å². The highest BCUT2D eigenvalue weighted by molar-refractivity contribution is 5.88. The van der Waals surface area contributed by atoms with Crippen molar-refractivity contribution in [3.63, 3.8) is 0 Å². The number of hydrogen-bond acceptors (Lipinski definition) is 3. The highest BCUT2D eigenvalue weighted by atomic mass is 16.1. The molecular formula is C17H14N2O2. The molecule has 0 fully saturated rings. The Bertz CT molecular complexity index is 695. The number of carbonyl (C=O) groups is 1. The number of nitrogens with zero attached hydrogens (tertiary/aromatic N) is 1. The molecule has 104 valence electrons. The van der Waals surface area contributed by atoms with Gasteiger partial charge in [0, 0.05) is 12.6 Å². The van der Waals surface area contributed by atoms with E-state index in [1.807, 2.05) is 48.6 Å². The molecule has 1 amide bonds. The maximum Gasteiger partial charge on any atom is 0.240 e. The highest BCUT2D eigenvalue weighted by Crippen LogP contribution is 2.15. The molecule has 21 heavy (non-hydrogen) atoms. The first kappa shape index (κ1) is 14.4. The number of amides is 1. The lowest BCUT2D eigenvalue weighted by Gasteiger charge is -2.01. The van der Waals surface area contributed by atoms with E-state index in [0.717, 1.165) is 16.8 Å². The Hall–Kier alpha value is -2.97. The van der Waals surface area contributed by atoms with Gasteiger partial charge in [0.2, 0.25) is 12.0 Å². The Kier molecular flexibility index (Phi) is 4.80. The molecule has 2 aromatic carbocycles. The fraction of sp³-hybridized carbons (Fsp3) is 0.0588. The average molecular weight is 278 g/mol. The predicted octanol–water partition coefficient (Wildman–Crippen LogP) is 3.78. The number of isocyanates is 1. The third-order valence-corrected chi connectivity index (χ3v) is 2.77. The maximum absolute atomic E-state index is 10.9. The quantitative estimate of drug-likeness (QED) is 0.525. The first-order chi connectivity index (χ1) is 10.2. The van der Waals surface area contributed by atoms with Crippen LogP contribution in [0.4, 0.5) is 11.4 Å². The summed E-state index contributed by atoms with van der Waals surface area (Å²) < 4.78 is 0. The highest BCUT2D eigenvalue weighted by Gasteiger charge is 1.95. The van der Waals surface area contributed by atoms with Gasteiger partial charge >= 0.3 is 0 Å². The number of hydrogen-bond donors (Lipinski definition) is 1. The van der Waals surface area contributed by atoms with E-state index in [1.165, 1.54) is 13.0 Å². The molecule has 0 aliphatic rings. The molecule has 0 aromatic heterocycles. The van der Waals surface area contributed by atoms with Crippen LogP contribution in [0.1, 0.15) is 18.1 Å². The van der Waals surface area contributed by atoms with E-state index >= 15 is 0 Å². The zero-order valence-electron chi connectivity index (χ0n) is 11.5. The molecule has 4 nitrogen and oxygen atoms in total. The summed E-state index contributed by atoms with van der Waals surface area (Å²) in [6.07, 6.45) is 5.44. The summed E-state index contributed by atoms with van der Waals surface area (Å²) >= 11 is 0. The van der Waals surface area contributed by atoms with Crippen molar-refractivity contribution in [2.45, 2.75) is 6.92 Å². The number of benzene rings is 2. The lowest BCUT2D eigenvalue weighted by molar-refractivity contribution is -0.114. The molecule has 0 saturated heterocycles. The van der Waals surface area contributed by atoms with E-state index < -0.39 is 0 Å². The normalized spacial score (nSPS) is 10.1. The third-order valence-electron chi connectivity index (χ3n) is 2.77. The topological polar surface area (TPSA) is 58.5 Å². The van der Waals surface area contributed by atoms with Crippen LogP contribution in [0.15, 0.2) is 53.5 Å². The van der Waals surface area contributed by atoms with Crippen LogP contribution < -0.4 is 5.32 Å². The minimum absolute atomic E-state index is 0.0867. The van der Waals surface area contributed by atoms with E-state index in [4.69, 9.17) is 0 Å². The molecule has 2 rings (SSSR count). The number of anilines is 1. The van der Waals surface area contributed by atoms with Crippen molar-refractivity contribution in [2.75, 3.05) is 5.32 Å². The van der Waals surface area contributed by atoms with Gasteiger partial charge in [0.05, 0.1) is 5.69 Å². The number of rotatable bonds is 4. The van der Waals surface area contributed by atoms with Crippen molar-refractivity contribution in [1.29, 1.82) is 0 Å². The third kappa shape index (κ3) is 4.56. The van der Waals surface area contributed by atoms with Gasteiger partial charge < -0.3 is 5.32 Å². The van der Waals surface area contributed by atoms with Gasteiger partial charge in [-0.25, -0.2) is 4.79 Å². The molecule has 0 unspecified atom stereocenters. The molecular weight excluding hydrogens is 264 g/mol. The predicted molar refractivity (Wildman–Crippen MR) is 83.9 cm³/mol. The summed E-state index contributed by atoms with van der Waals surface area (Å²) in [5, 5.41) is 2.72. The van der Waals surface area contributed by atoms with Crippen LogP contribution in [0.2, 0.25) is 0 Å². The van der Waals surface area contributed by atoms with Gasteiger partial charge in [-0.15, -0.1) is 0 Å². The Morgan fingerprint density at radius 1 is 1.00 bits per heavy atom. The van der Waals surface area contributed by atoms with Crippen molar-refractivity contribution in [3.8, 4) is 0 Å². The smallest absolute Gasteiger partial charge is 0.240 e. The largest absolute Gasteiger partial charge is 0.326 e. The second-order valence-electron chi connectivity index (χ2n) is 4.43. The molecule has 0 saturated carbocycles. The molecule has 1 N–H and O–H groups in total.